The second-order valence-electron chi connectivity index (χ2n) is 6.81. The number of carbonyl (C=O) groups is 3. The first-order valence-corrected chi connectivity index (χ1v) is 9.04. The van der Waals surface area contributed by atoms with E-state index in [0.717, 1.165) is 5.56 Å². The lowest BCUT2D eigenvalue weighted by molar-refractivity contribution is -0.122. The van der Waals surface area contributed by atoms with Gasteiger partial charge < -0.3 is 15.0 Å². The quantitative estimate of drug-likeness (QED) is 0.594. The first kappa shape index (κ1) is 18.5. The minimum Gasteiger partial charge on any atom is -0.497 e. The van der Waals surface area contributed by atoms with Crippen LogP contribution in [0.1, 0.15) is 21.5 Å². The van der Waals surface area contributed by atoms with Crippen LogP contribution in [0.3, 0.4) is 0 Å². The number of ether oxygens (including phenoxy) is 1. The van der Waals surface area contributed by atoms with E-state index >= 15 is 0 Å². The molecule has 2 aliphatic heterocycles. The zero-order chi connectivity index (χ0) is 20.4. The number of aromatic nitrogens is 1. The Balaban J connectivity index is 1.64. The second kappa shape index (κ2) is 7.28. The van der Waals surface area contributed by atoms with E-state index in [4.69, 9.17) is 4.74 Å². The van der Waals surface area contributed by atoms with Gasteiger partial charge in [0.2, 0.25) is 5.54 Å². The van der Waals surface area contributed by atoms with Crippen LogP contribution in [-0.4, -0.2) is 53.5 Å². The van der Waals surface area contributed by atoms with Gasteiger partial charge in [-0.15, -0.1) is 0 Å². The monoisotopic (exact) mass is 390 g/mol. The molecule has 1 unspecified atom stereocenters. The van der Waals surface area contributed by atoms with Gasteiger partial charge in [0, 0.05) is 30.1 Å². The van der Waals surface area contributed by atoms with E-state index in [1.807, 2.05) is 6.07 Å². The van der Waals surface area contributed by atoms with E-state index in [2.05, 4.69) is 27.5 Å². The molecule has 1 saturated heterocycles. The molecule has 4 amide bonds. The van der Waals surface area contributed by atoms with E-state index in [9.17, 15) is 14.4 Å². The van der Waals surface area contributed by atoms with Gasteiger partial charge in [-0.3, -0.25) is 19.9 Å². The number of methoxy groups -OCH3 is 1. The number of nitrogens with zero attached hydrogens (tertiary/aromatic N) is 2. The highest BCUT2D eigenvalue weighted by Gasteiger charge is 2.47. The van der Waals surface area contributed by atoms with Crippen molar-refractivity contribution in [2.24, 2.45) is 0 Å². The maximum atomic E-state index is 13.0. The fraction of sp³-hybridized carbons (Fsp3) is 0.238. The largest absolute Gasteiger partial charge is 0.497 e. The average molecular weight is 390 g/mol. The van der Waals surface area contributed by atoms with Gasteiger partial charge in [-0.2, -0.15) is 0 Å². The number of benzene rings is 1. The lowest BCUT2D eigenvalue weighted by Crippen LogP contribution is -2.56. The lowest BCUT2D eigenvalue weighted by atomic mass is 9.94. The highest BCUT2D eigenvalue weighted by Crippen LogP contribution is 2.25. The number of amides is 4. The summed E-state index contributed by atoms with van der Waals surface area (Å²) in [6, 6.07) is 8.12. The van der Waals surface area contributed by atoms with Gasteiger partial charge in [0.05, 0.1) is 13.7 Å². The topological polar surface area (TPSA) is 101 Å². The van der Waals surface area contributed by atoms with Gasteiger partial charge in [-0.05, 0) is 42.3 Å². The number of rotatable bonds is 3. The van der Waals surface area contributed by atoms with Gasteiger partial charge in [-0.25, -0.2) is 4.79 Å². The van der Waals surface area contributed by atoms with Crippen molar-refractivity contribution in [2.75, 3.05) is 20.2 Å². The maximum Gasteiger partial charge on any atom is 0.323 e. The highest BCUT2D eigenvalue weighted by atomic mass is 16.5. The standard InChI is InChI=1S/C21H18N4O4/c1-29-16-4-5-17-15(11-16)7-10-25(18(17)26)13-21(19(27)23-20(28)24-21)8-6-14-3-2-9-22-12-14/h2-5,9,11-12H,7,10,13H2,1H3,(H2,23,24,27,28). The maximum absolute atomic E-state index is 13.0. The molecule has 2 aliphatic rings. The van der Waals surface area contributed by atoms with E-state index in [1.165, 1.54) is 4.90 Å². The molecule has 1 aromatic carbocycles. The predicted octanol–water partition coefficient (Wildman–Crippen LogP) is 0.718. The molecule has 0 spiro atoms. The number of fused-ring (bicyclic) bond motifs is 1. The SMILES string of the molecule is COc1ccc2c(c1)CCN(CC1(C#Cc3cccnc3)NC(=O)NC1=O)C2=O. The Hall–Kier alpha value is -3.86. The van der Waals surface area contributed by atoms with Gasteiger partial charge in [-0.1, -0.05) is 11.8 Å². The number of urea groups is 1. The molecule has 8 heteroatoms. The third-order valence-electron chi connectivity index (χ3n) is 4.93. The van der Waals surface area contributed by atoms with Gasteiger partial charge in [0.25, 0.3) is 11.8 Å². The lowest BCUT2D eigenvalue weighted by Gasteiger charge is -2.33. The first-order valence-electron chi connectivity index (χ1n) is 9.04. The van der Waals surface area contributed by atoms with Crippen molar-refractivity contribution in [3.63, 3.8) is 0 Å². The summed E-state index contributed by atoms with van der Waals surface area (Å²) in [5.74, 6) is 5.62. The summed E-state index contributed by atoms with van der Waals surface area (Å²) in [7, 11) is 1.57. The predicted molar refractivity (Wildman–Crippen MR) is 103 cm³/mol. The van der Waals surface area contributed by atoms with Crippen LogP contribution in [0.4, 0.5) is 4.79 Å². The van der Waals surface area contributed by atoms with E-state index < -0.39 is 17.5 Å². The molecule has 29 heavy (non-hydrogen) atoms. The van der Waals surface area contributed by atoms with Gasteiger partial charge in [0.15, 0.2) is 0 Å². The molecule has 0 bridgehead atoms. The summed E-state index contributed by atoms with van der Waals surface area (Å²) in [5, 5.41) is 4.81. The number of imide groups is 1. The fourth-order valence-corrected chi connectivity index (χ4v) is 3.42. The first-order chi connectivity index (χ1) is 14.0. The molecule has 0 radical (unpaired) electrons. The van der Waals surface area contributed by atoms with Crippen molar-refractivity contribution < 1.29 is 19.1 Å². The molecule has 2 aromatic rings. The van der Waals surface area contributed by atoms with Gasteiger partial charge in [0.1, 0.15) is 5.75 Å². The molecule has 1 fully saturated rings. The van der Waals surface area contributed by atoms with E-state index in [-0.39, 0.29) is 12.5 Å². The van der Waals surface area contributed by atoms with Crippen molar-refractivity contribution in [1.29, 1.82) is 0 Å². The normalized spacial score (nSPS) is 20.3. The van der Waals surface area contributed by atoms with Crippen LogP contribution in [-0.2, 0) is 11.2 Å². The third kappa shape index (κ3) is 3.50. The summed E-state index contributed by atoms with van der Waals surface area (Å²) in [5.41, 5.74) is 0.522. The zero-order valence-corrected chi connectivity index (χ0v) is 15.7. The minimum absolute atomic E-state index is 0.0534. The number of pyridine rings is 1. The Labute approximate surface area is 167 Å². The highest BCUT2D eigenvalue weighted by molar-refractivity contribution is 6.10. The van der Waals surface area contributed by atoms with E-state index in [1.54, 1.807) is 43.8 Å². The molecule has 2 N–H and O–H groups in total. The van der Waals surface area contributed by atoms with Crippen LogP contribution in [0.15, 0.2) is 42.7 Å². The Morgan fingerprint density at radius 1 is 1.28 bits per heavy atom. The Morgan fingerprint density at radius 2 is 2.14 bits per heavy atom. The number of carbonyl (C=O) groups excluding carboxylic acids is 3. The van der Waals surface area contributed by atoms with Gasteiger partial charge >= 0.3 is 6.03 Å². The van der Waals surface area contributed by atoms with Crippen LogP contribution < -0.4 is 15.4 Å². The molecule has 146 valence electrons. The molecular weight excluding hydrogens is 372 g/mol. The molecule has 3 heterocycles. The molecule has 1 aromatic heterocycles. The summed E-state index contributed by atoms with van der Waals surface area (Å²) in [6.07, 6.45) is 3.79. The fourth-order valence-electron chi connectivity index (χ4n) is 3.42. The second-order valence-corrected chi connectivity index (χ2v) is 6.81. The Bertz CT molecular complexity index is 1060. The summed E-state index contributed by atoms with van der Waals surface area (Å²) >= 11 is 0. The van der Waals surface area contributed by atoms with Crippen LogP contribution in [0.25, 0.3) is 0 Å². The van der Waals surface area contributed by atoms with Crippen molar-refractivity contribution in [2.45, 2.75) is 12.0 Å². The molecular formula is C21H18N4O4. The third-order valence-corrected chi connectivity index (χ3v) is 4.93. The van der Waals surface area contributed by atoms with Crippen molar-refractivity contribution in [3.05, 3.63) is 59.4 Å². The van der Waals surface area contributed by atoms with Crippen LogP contribution in [0, 0.1) is 11.8 Å². The molecule has 0 aliphatic carbocycles. The minimum atomic E-state index is -1.52. The van der Waals surface area contributed by atoms with Crippen molar-refractivity contribution in [3.8, 4) is 17.6 Å². The number of hydrogen-bond donors (Lipinski definition) is 2. The van der Waals surface area contributed by atoms with Crippen LogP contribution >= 0.6 is 0 Å². The smallest absolute Gasteiger partial charge is 0.323 e. The molecule has 1 atom stereocenters. The number of hydrogen-bond acceptors (Lipinski definition) is 5. The molecule has 0 saturated carbocycles. The Kier molecular flexibility index (Phi) is 4.64. The zero-order valence-electron chi connectivity index (χ0n) is 15.7. The Morgan fingerprint density at radius 3 is 2.83 bits per heavy atom. The molecule has 4 rings (SSSR count). The van der Waals surface area contributed by atoms with E-state index in [0.29, 0.717) is 29.8 Å². The number of nitrogens with one attached hydrogen (secondary N) is 2. The van der Waals surface area contributed by atoms with Crippen molar-refractivity contribution in [1.82, 2.24) is 20.5 Å². The summed E-state index contributed by atoms with van der Waals surface area (Å²) in [4.78, 5) is 42.9. The average Bonchev–Trinajstić information content (AvgIpc) is 3.02. The van der Waals surface area contributed by atoms with Crippen LogP contribution in [0.2, 0.25) is 0 Å². The summed E-state index contributed by atoms with van der Waals surface area (Å²) in [6.45, 7) is 0.348. The van der Waals surface area contributed by atoms with Crippen molar-refractivity contribution >= 4 is 17.8 Å². The van der Waals surface area contributed by atoms with Crippen LogP contribution in [0.5, 0.6) is 5.75 Å². The molecule has 8 nitrogen and oxygen atoms in total. The summed E-state index contributed by atoms with van der Waals surface area (Å²) < 4.78 is 5.22.